The van der Waals surface area contributed by atoms with Crippen LogP contribution in [0.5, 0.6) is 0 Å². The molecule has 1 fully saturated rings. The standard InChI is InChI=1S/C20H21N3OS/c1-25-13-14-8-10-15(11-9-14)20(24)23-12-4-7-18(23)19-21-16-5-2-3-6-17(16)22-19/h2-3,5-6,8-11,18H,4,7,12-13H2,1H3,(H,21,22)/t18-/m1/s1. The minimum atomic E-state index is 0.0331. The van der Waals surface area contributed by atoms with Crippen LogP contribution < -0.4 is 0 Å². The Morgan fingerprint density at radius 1 is 1.24 bits per heavy atom. The minimum absolute atomic E-state index is 0.0331. The van der Waals surface area contributed by atoms with Crippen LogP contribution in [0.3, 0.4) is 0 Å². The Kier molecular flexibility index (Phi) is 4.49. The number of aromatic amines is 1. The summed E-state index contributed by atoms with van der Waals surface area (Å²) in [5.74, 6) is 1.96. The summed E-state index contributed by atoms with van der Waals surface area (Å²) in [5, 5.41) is 0. The number of H-pyrrole nitrogens is 1. The van der Waals surface area contributed by atoms with E-state index < -0.39 is 0 Å². The average Bonchev–Trinajstić information content (AvgIpc) is 3.28. The number of amides is 1. The third-order valence-corrected chi connectivity index (χ3v) is 5.37. The first-order valence-electron chi connectivity index (χ1n) is 8.60. The Morgan fingerprint density at radius 3 is 2.80 bits per heavy atom. The van der Waals surface area contributed by atoms with Gasteiger partial charge in [0.15, 0.2) is 0 Å². The summed E-state index contributed by atoms with van der Waals surface area (Å²) in [4.78, 5) is 23.1. The lowest BCUT2D eigenvalue weighted by Crippen LogP contribution is -2.31. The van der Waals surface area contributed by atoms with Crippen molar-refractivity contribution < 1.29 is 4.79 Å². The van der Waals surface area contributed by atoms with E-state index in [0.717, 1.165) is 47.6 Å². The highest BCUT2D eigenvalue weighted by Crippen LogP contribution is 2.32. The monoisotopic (exact) mass is 351 g/mol. The molecule has 1 N–H and O–H groups in total. The Balaban J connectivity index is 1.59. The highest BCUT2D eigenvalue weighted by molar-refractivity contribution is 7.97. The van der Waals surface area contributed by atoms with Crippen LogP contribution in [0.1, 0.15) is 40.6 Å². The number of rotatable bonds is 4. The van der Waals surface area contributed by atoms with Crippen LogP contribution in [0.4, 0.5) is 0 Å². The number of fused-ring (bicyclic) bond motifs is 1. The zero-order valence-electron chi connectivity index (χ0n) is 14.2. The molecule has 2 aromatic carbocycles. The highest BCUT2D eigenvalue weighted by Gasteiger charge is 2.32. The van der Waals surface area contributed by atoms with Gasteiger partial charge in [-0.05, 0) is 48.9 Å². The number of aromatic nitrogens is 2. The molecule has 128 valence electrons. The molecule has 4 rings (SSSR count). The van der Waals surface area contributed by atoms with Crippen molar-refractivity contribution in [2.75, 3.05) is 12.8 Å². The SMILES string of the molecule is CSCc1ccc(C(=O)N2CCC[C@@H]2c2nc3ccccc3[nH]2)cc1. The van der Waals surface area contributed by atoms with Crippen LogP contribution in [-0.2, 0) is 5.75 Å². The number of thioether (sulfide) groups is 1. The summed E-state index contributed by atoms with van der Waals surface area (Å²) >= 11 is 1.79. The maximum Gasteiger partial charge on any atom is 0.254 e. The molecule has 0 aliphatic carbocycles. The first-order chi connectivity index (χ1) is 12.3. The lowest BCUT2D eigenvalue weighted by Gasteiger charge is -2.23. The molecule has 25 heavy (non-hydrogen) atoms. The highest BCUT2D eigenvalue weighted by atomic mass is 32.2. The Bertz CT molecular complexity index is 854. The zero-order chi connectivity index (χ0) is 17.2. The van der Waals surface area contributed by atoms with E-state index in [-0.39, 0.29) is 11.9 Å². The van der Waals surface area contributed by atoms with Crippen LogP contribution >= 0.6 is 11.8 Å². The van der Waals surface area contributed by atoms with Gasteiger partial charge >= 0.3 is 0 Å². The average molecular weight is 351 g/mol. The molecule has 0 radical (unpaired) electrons. The smallest absolute Gasteiger partial charge is 0.254 e. The molecular weight excluding hydrogens is 330 g/mol. The Labute approximate surface area is 151 Å². The number of likely N-dealkylation sites (tertiary alicyclic amines) is 1. The molecule has 0 bridgehead atoms. The van der Waals surface area contributed by atoms with Gasteiger partial charge < -0.3 is 9.88 Å². The molecule has 1 aliphatic heterocycles. The van der Waals surface area contributed by atoms with E-state index in [1.54, 1.807) is 11.8 Å². The van der Waals surface area contributed by atoms with Crippen molar-refractivity contribution in [3.05, 3.63) is 65.5 Å². The normalized spacial score (nSPS) is 17.3. The lowest BCUT2D eigenvalue weighted by molar-refractivity contribution is 0.0730. The number of para-hydroxylation sites is 2. The molecule has 1 saturated heterocycles. The number of benzene rings is 2. The second-order valence-corrected chi connectivity index (χ2v) is 7.29. The van der Waals surface area contributed by atoms with Crippen LogP contribution in [0.25, 0.3) is 11.0 Å². The predicted molar refractivity (Wildman–Crippen MR) is 103 cm³/mol. The first kappa shape index (κ1) is 16.2. The van der Waals surface area contributed by atoms with E-state index in [2.05, 4.69) is 23.4 Å². The van der Waals surface area contributed by atoms with E-state index >= 15 is 0 Å². The number of hydrogen-bond donors (Lipinski definition) is 1. The molecule has 1 atom stereocenters. The van der Waals surface area contributed by atoms with Gasteiger partial charge in [-0.1, -0.05) is 24.3 Å². The molecule has 5 heteroatoms. The summed E-state index contributed by atoms with van der Waals surface area (Å²) in [5.41, 5.74) is 3.99. The number of nitrogens with one attached hydrogen (secondary N) is 1. The molecule has 0 spiro atoms. The van der Waals surface area contributed by atoms with E-state index in [1.165, 1.54) is 5.56 Å². The third kappa shape index (κ3) is 3.16. The van der Waals surface area contributed by atoms with E-state index in [0.29, 0.717) is 0 Å². The molecule has 1 amide bonds. The van der Waals surface area contributed by atoms with Crippen molar-refractivity contribution in [2.24, 2.45) is 0 Å². The topological polar surface area (TPSA) is 49.0 Å². The van der Waals surface area contributed by atoms with Crippen molar-refractivity contribution in [2.45, 2.75) is 24.6 Å². The van der Waals surface area contributed by atoms with Gasteiger partial charge in [0.05, 0.1) is 17.1 Å². The molecule has 1 aliphatic rings. The van der Waals surface area contributed by atoms with E-state index in [9.17, 15) is 4.79 Å². The Hall–Kier alpha value is -2.27. The maximum atomic E-state index is 13.0. The fourth-order valence-corrected chi connectivity index (χ4v) is 4.03. The van der Waals surface area contributed by atoms with Crippen LogP contribution in [-0.4, -0.2) is 33.6 Å². The second-order valence-electron chi connectivity index (χ2n) is 6.43. The summed E-state index contributed by atoms with van der Waals surface area (Å²) in [6.45, 7) is 0.785. The number of imidazole rings is 1. The fourth-order valence-electron chi connectivity index (χ4n) is 3.50. The van der Waals surface area contributed by atoms with Gasteiger partial charge in [0.25, 0.3) is 5.91 Å². The van der Waals surface area contributed by atoms with Gasteiger partial charge in [-0.3, -0.25) is 4.79 Å². The van der Waals surface area contributed by atoms with Crippen LogP contribution in [0.2, 0.25) is 0 Å². The molecule has 3 aromatic rings. The molecule has 0 unspecified atom stereocenters. The minimum Gasteiger partial charge on any atom is -0.340 e. The number of carbonyl (C=O) groups is 1. The summed E-state index contributed by atoms with van der Waals surface area (Å²) in [6, 6.07) is 16.0. The van der Waals surface area contributed by atoms with Gasteiger partial charge in [-0.15, -0.1) is 0 Å². The molecule has 0 saturated carbocycles. The summed E-state index contributed by atoms with van der Waals surface area (Å²) < 4.78 is 0. The van der Waals surface area contributed by atoms with Gasteiger partial charge in [0, 0.05) is 17.9 Å². The lowest BCUT2D eigenvalue weighted by atomic mass is 10.1. The fraction of sp³-hybridized carbons (Fsp3) is 0.300. The van der Waals surface area contributed by atoms with E-state index in [4.69, 9.17) is 4.98 Å². The summed E-state index contributed by atoms with van der Waals surface area (Å²) in [6.07, 6.45) is 4.05. The first-order valence-corrected chi connectivity index (χ1v) is 9.99. The molecule has 1 aromatic heterocycles. The van der Waals surface area contributed by atoms with Crippen molar-refractivity contribution in [1.29, 1.82) is 0 Å². The van der Waals surface area contributed by atoms with E-state index in [1.807, 2.05) is 41.3 Å². The quantitative estimate of drug-likeness (QED) is 0.758. The van der Waals surface area contributed by atoms with Gasteiger partial charge in [-0.25, -0.2) is 4.98 Å². The van der Waals surface area contributed by atoms with Crippen LogP contribution in [0, 0.1) is 0 Å². The van der Waals surface area contributed by atoms with Gasteiger partial charge in [0.2, 0.25) is 0 Å². The third-order valence-electron chi connectivity index (χ3n) is 4.75. The number of nitrogens with zero attached hydrogens (tertiary/aromatic N) is 2. The van der Waals surface area contributed by atoms with Crippen molar-refractivity contribution in [1.82, 2.24) is 14.9 Å². The summed E-state index contributed by atoms with van der Waals surface area (Å²) in [7, 11) is 0. The van der Waals surface area contributed by atoms with Crippen molar-refractivity contribution in [3.63, 3.8) is 0 Å². The predicted octanol–water partition coefficient (Wildman–Crippen LogP) is 4.40. The van der Waals surface area contributed by atoms with Crippen molar-refractivity contribution >= 4 is 28.7 Å². The van der Waals surface area contributed by atoms with Gasteiger partial charge in [0.1, 0.15) is 5.82 Å². The van der Waals surface area contributed by atoms with Gasteiger partial charge in [-0.2, -0.15) is 11.8 Å². The Morgan fingerprint density at radius 2 is 2.04 bits per heavy atom. The number of hydrogen-bond acceptors (Lipinski definition) is 3. The maximum absolute atomic E-state index is 13.0. The molecule has 2 heterocycles. The number of carbonyl (C=O) groups excluding carboxylic acids is 1. The largest absolute Gasteiger partial charge is 0.340 e. The second kappa shape index (κ2) is 6.92. The molecular formula is C20H21N3OS. The van der Waals surface area contributed by atoms with Crippen LogP contribution in [0.15, 0.2) is 48.5 Å². The zero-order valence-corrected chi connectivity index (χ0v) is 15.1. The molecule has 4 nitrogen and oxygen atoms in total. The van der Waals surface area contributed by atoms with Crippen molar-refractivity contribution in [3.8, 4) is 0 Å².